The maximum atomic E-state index is 13.4. The van der Waals surface area contributed by atoms with Crippen molar-refractivity contribution >= 4 is 11.6 Å². The van der Waals surface area contributed by atoms with E-state index in [0.29, 0.717) is 29.4 Å². The summed E-state index contributed by atoms with van der Waals surface area (Å²) in [7, 11) is 4.74. The van der Waals surface area contributed by atoms with Gasteiger partial charge in [-0.25, -0.2) is 0 Å². The molecule has 0 aromatic heterocycles. The highest BCUT2D eigenvalue weighted by atomic mass is 16.5. The van der Waals surface area contributed by atoms with Crippen LogP contribution in [0, 0.1) is 0 Å². The van der Waals surface area contributed by atoms with Gasteiger partial charge in [0.15, 0.2) is 11.5 Å². The van der Waals surface area contributed by atoms with Gasteiger partial charge in [-0.2, -0.15) is 0 Å². The lowest BCUT2D eigenvalue weighted by Gasteiger charge is -2.39. The minimum Gasteiger partial charge on any atom is -0.493 e. The van der Waals surface area contributed by atoms with Crippen molar-refractivity contribution in [3.63, 3.8) is 0 Å². The van der Waals surface area contributed by atoms with Crippen LogP contribution in [0.25, 0.3) is 0 Å². The normalized spacial score (nSPS) is 20.8. The van der Waals surface area contributed by atoms with E-state index in [2.05, 4.69) is 5.32 Å². The molecule has 1 fully saturated rings. The number of anilines is 1. The number of hydrogen-bond donors (Lipinski definition) is 1. The van der Waals surface area contributed by atoms with Crippen molar-refractivity contribution in [3.05, 3.63) is 47.5 Å². The first-order valence-electron chi connectivity index (χ1n) is 9.74. The maximum absolute atomic E-state index is 13.4. The molecule has 2 aromatic carbocycles. The number of nitrogens with zero attached hydrogens (tertiary/aromatic N) is 1. The highest BCUT2D eigenvalue weighted by molar-refractivity contribution is 6.01. The molecule has 2 heterocycles. The monoisotopic (exact) mass is 398 g/mol. The predicted molar refractivity (Wildman–Crippen MR) is 109 cm³/mol. The second-order valence-electron chi connectivity index (χ2n) is 7.14. The van der Waals surface area contributed by atoms with Crippen molar-refractivity contribution in [2.24, 2.45) is 0 Å². The molecule has 29 heavy (non-hydrogen) atoms. The smallest absolute Gasteiger partial charge is 0.257 e. The zero-order valence-electron chi connectivity index (χ0n) is 16.9. The number of nitrogens with one attached hydrogen (secondary N) is 1. The number of amides is 1. The van der Waals surface area contributed by atoms with E-state index in [1.165, 1.54) is 0 Å². The number of rotatable bonds is 6. The van der Waals surface area contributed by atoms with Gasteiger partial charge in [0.25, 0.3) is 5.91 Å². The minimum absolute atomic E-state index is 0.0198. The molecule has 0 spiro atoms. The lowest BCUT2D eigenvalue weighted by atomic mass is 10.0. The molecule has 154 valence electrons. The second kappa shape index (κ2) is 8.21. The van der Waals surface area contributed by atoms with E-state index in [4.69, 9.17) is 18.9 Å². The Kier molecular flexibility index (Phi) is 5.49. The Labute approximate surface area is 170 Å². The highest BCUT2D eigenvalue weighted by Crippen LogP contribution is 2.42. The van der Waals surface area contributed by atoms with Gasteiger partial charge < -0.3 is 29.2 Å². The average molecular weight is 398 g/mol. The topological polar surface area (TPSA) is 69.3 Å². The summed E-state index contributed by atoms with van der Waals surface area (Å²) < 4.78 is 22.3. The SMILES string of the molecule is COc1cc([C@@H]2Nc3ccccc3C(=O)N2C[C@H]2CCCO2)cc(OC)c1OC. The van der Waals surface area contributed by atoms with Crippen molar-refractivity contribution in [1.29, 1.82) is 0 Å². The molecule has 1 saturated heterocycles. The van der Waals surface area contributed by atoms with E-state index >= 15 is 0 Å². The lowest BCUT2D eigenvalue weighted by molar-refractivity contribution is 0.0426. The number of benzene rings is 2. The second-order valence-corrected chi connectivity index (χ2v) is 7.14. The third-order valence-electron chi connectivity index (χ3n) is 5.45. The zero-order chi connectivity index (χ0) is 20.4. The number of para-hydroxylation sites is 1. The van der Waals surface area contributed by atoms with Gasteiger partial charge in [-0.3, -0.25) is 4.79 Å². The van der Waals surface area contributed by atoms with E-state index in [1.54, 1.807) is 21.3 Å². The quantitative estimate of drug-likeness (QED) is 0.804. The summed E-state index contributed by atoms with van der Waals surface area (Å²) in [5.41, 5.74) is 2.31. The van der Waals surface area contributed by atoms with Crippen LogP contribution in [-0.2, 0) is 4.74 Å². The summed E-state index contributed by atoms with van der Waals surface area (Å²) in [6, 6.07) is 11.3. The molecule has 2 aliphatic rings. The first-order chi connectivity index (χ1) is 14.2. The standard InChI is InChI=1S/C22H26N2O5/c1-26-18-11-14(12-19(27-2)20(18)28-3)21-23-17-9-5-4-8-16(17)22(25)24(21)13-15-7-6-10-29-15/h4-5,8-9,11-12,15,21,23H,6-7,10,13H2,1-3H3/t15-,21-/m1/s1. The van der Waals surface area contributed by atoms with Gasteiger partial charge in [-0.1, -0.05) is 12.1 Å². The number of carbonyl (C=O) groups excluding carboxylic acids is 1. The Morgan fingerprint density at radius 1 is 1.10 bits per heavy atom. The molecule has 1 amide bonds. The number of hydrogen-bond acceptors (Lipinski definition) is 6. The molecule has 1 N–H and O–H groups in total. The van der Waals surface area contributed by atoms with E-state index in [9.17, 15) is 4.79 Å². The average Bonchev–Trinajstić information content (AvgIpc) is 3.27. The van der Waals surface area contributed by atoms with Gasteiger partial charge in [-0.15, -0.1) is 0 Å². The number of ether oxygens (including phenoxy) is 4. The van der Waals surface area contributed by atoms with E-state index in [0.717, 1.165) is 30.7 Å². The van der Waals surface area contributed by atoms with E-state index in [-0.39, 0.29) is 18.2 Å². The fourth-order valence-corrected chi connectivity index (χ4v) is 4.01. The van der Waals surface area contributed by atoms with Gasteiger partial charge in [0.05, 0.1) is 33.0 Å². The van der Waals surface area contributed by atoms with Crippen LogP contribution >= 0.6 is 0 Å². The number of fused-ring (bicyclic) bond motifs is 1. The molecule has 0 saturated carbocycles. The summed E-state index contributed by atoms with van der Waals surface area (Å²) in [6.45, 7) is 1.26. The van der Waals surface area contributed by atoms with E-state index < -0.39 is 0 Å². The molecule has 7 heteroatoms. The summed E-state index contributed by atoms with van der Waals surface area (Å²) in [5.74, 6) is 1.60. The third-order valence-corrected chi connectivity index (χ3v) is 5.45. The van der Waals surface area contributed by atoms with Crippen LogP contribution < -0.4 is 19.5 Å². The van der Waals surface area contributed by atoms with Gasteiger partial charge in [0, 0.05) is 24.4 Å². The molecule has 2 aromatic rings. The van der Waals surface area contributed by atoms with Gasteiger partial charge in [0.2, 0.25) is 5.75 Å². The summed E-state index contributed by atoms with van der Waals surface area (Å²) in [4.78, 5) is 15.2. The van der Waals surface area contributed by atoms with Crippen LogP contribution in [-0.4, -0.2) is 51.4 Å². The molecular weight excluding hydrogens is 372 g/mol. The number of carbonyl (C=O) groups is 1. The summed E-state index contributed by atoms with van der Waals surface area (Å²) >= 11 is 0. The van der Waals surface area contributed by atoms with Crippen LogP contribution in [0.3, 0.4) is 0 Å². The van der Waals surface area contributed by atoms with Crippen molar-refractivity contribution in [2.75, 3.05) is 39.8 Å². The highest BCUT2D eigenvalue weighted by Gasteiger charge is 2.36. The Morgan fingerprint density at radius 3 is 2.45 bits per heavy atom. The fraction of sp³-hybridized carbons (Fsp3) is 0.409. The largest absolute Gasteiger partial charge is 0.493 e. The van der Waals surface area contributed by atoms with Crippen molar-refractivity contribution in [2.45, 2.75) is 25.1 Å². The third kappa shape index (κ3) is 3.58. The number of methoxy groups -OCH3 is 3. The summed E-state index contributed by atoms with van der Waals surface area (Å²) in [5, 5.41) is 3.51. The Morgan fingerprint density at radius 2 is 1.83 bits per heavy atom. The molecule has 0 unspecified atom stereocenters. The molecule has 2 aliphatic heterocycles. The van der Waals surface area contributed by atoms with Crippen molar-refractivity contribution in [1.82, 2.24) is 4.90 Å². The maximum Gasteiger partial charge on any atom is 0.257 e. The Balaban J connectivity index is 1.77. The fourth-order valence-electron chi connectivity index (χ4n) is 4.01. The molecular formula is C22H26N2O5. The van der Waals surface area contributed by atoms with Crippen LogP contribution in [0.1, 0.15) is 34.9 Å². The molecule has 0 aliphatic carbocycles. The van der Waals surface area contributed by atoms with Crippen molar-refractivity contribution in [3.8, 4) is 17.2 Å². The predicted octanol–water partition coefficient (Wildman–Crippen LogP) is 3.46. The zero-order valence-corrected chi connectivity index (χ0v) is 16.9. The molecule has 7 nitrogen and oxygen atoms in total. The van der Waals surface area contributed by atoms with Crippen LogP contribution in [0.2, 0.25) is 0 Å². The van der Waals surface area contributed by atoms with Gasteiger partial charge in [-0.05, 0) is 37.1 Å². The van der Waals surface area contributed by atoms with Crippen LogP contribution in [0.5, 0.6) is 17.2 Å². The molecule has 4 rings (SSSR count). The van der Waals surface area contributed by atoms with Crippen molar-refractivity contribution < 1.29 is 23.7 Å². The first-order valence-corrected chi connectivity index (χ1v) is 9.74. The Hall–Kier alpha value is -2.93. The Bertz CT molecular complexity index is 870. The van der Waals surface area contributed by atoms with Gasteiger partial charge in [0.1, 0.15) is 6.17 Å². The minimum atomic E-state index is -0.379. The molecule has 0 bridgehead atoms. The summed E-state index contributed by atoms with van der Waals surface area (Å²) in [6.07, 6.45) is 1.63. The van der Waals surface area contributed by atoms with Crippen LogP contribution in [0.4, 0.5) is 5.69 Å². The first kappa shape index (κ1) is 19.4. The van der Waals surface area contributed by atoms with Crippen LogP contribution in [0.15, 0.2) is 36.4 Å². The van der Waals surface area contributed by atoms with Gasteiger partial charge >= 0.3 is 0 Å². The molecule has 2 atom stereocenters. The van der Waals surface area contributed by atoms with E-state index in [1.807, 2.05) is 41.3 Å². The molecule has 0 radical (unpaired) electrons. The lowest BCUT2D eigenvalue weighted by Crippen LogP contribution is -2.46.